The highest BCUT2D eigenvalue weighted by molar-refractivity contribution is 5.82. The Morgan fingerprint density at radius 3 is 2.78 bits per heavy atom. The van der Waals surface area contributed by atoms with Gasteiger partial charge >= 0.3 is 0 Å². The number of likely N-dealkylation sites (tertiary alicyclic amines) is 1. The van der Waals surface area contributed by atoms with E-state index in [-0.39, 0.29) is 5.92 Å². The predicted octanol–water partition coefficient (Wildman–Crippen LogP) is 1.85. The average molecular weight is 247 g/mol. The van der Waals surface area contributed by atoms with Crippen LogP contribution in [-0.2, 0) is 11.3 Å². The lowest BCUT2D eigenvalue weighted by molar-refractivity contribution is -0.127. The molecule has 3 nitrogen and oxygen atoms in total. The lowest BCUT2D eigenvalue weighted by atomic mass is 9.91. The maximum atomic E-state index is 11.8. The number of ketones is 1. The monoisotopic (exact) mass is 247 g/mol. The van der Waals surface area contributed by atoms with Crippen LogP contribution in [0.5, 0.6) is 0 Å². The zero-order valence-corrected chi connectivity index (χ0v) is 10.9. The molecule has 18 heavy (non-hydrogen) atoms. The van der Waals surface area contributed by atoms with E-state index in [1.54, 1.807) is 6.92 Å². The van der Waals surface area contributed by atoms with Crippen LogP contribution in [0.1, 0.15) is 25.3 Å². The number of aliphatic hydroxyl groups excluding tert-OH is 1. The lowest BCUT2D eigenvalue weighted by Gasteiger charge is -2.32. The fraction of sp³-hybridized carbons (Fsp3) is 0.533. The Bertz CT molecular complexity index is 389. The highest BCUT2D eigenvalue weighted by atomic mass is 16.3. The van der Waals surface area contributed by atoms with Crippen LogP contribution in [0.4, 0.5) is 0 Å². The second-order valence-corrected chi connectivity index (χ2v) is 5.22. The highest BCUT2D eigenvalue weighted by Gasteiger charge is 2.27. The van der Waals surface area contributed by atoms with Gasteiger partial charge in [-0.1, -0.05) is 30.3 Å². The van der Waals surface area contributed by atoms with Crippen molar-refractivity contribution in [1.29, 1.82) is 0 Å². The van der Waals surface area contributed by atoms with Crippen LogP contribution in [0.25, 0.3) is 0 Å². The van der Waals surface area contributed by atoms with E-state index in [9.17, 15) is 9.90 Å². The van der Waals surface area contributed by atoms with Gasteiger partial charge in [0.15, 0.2) is 0 Å². The topological polar surface area (TPSA) is 40.5 Å². The standard InChI is InChI=1S/C15H21NO2/c1-12(17)9-14-11-16(8-7-15(14)18)10-13-5-3-2-4-6-13/h2-6,12,14,17H,7-11H2,1H3. The number of carbonyl (C=O) groups is 1. The van der Waals surface area contributed by atoms with E-state index in [1.807, 2.05) is 18.2 Å². The van der Waals surface area contributed by atoms with Gasteiger partial charge < -0.3 is 5.11 Å². The van der Waals surface area contributed by atoms with Crippen molar-refractivity contribution in [2.45, 2.75) is 32.4 Å². The Balaban J connectivity index is 1.93. The predicted molar refractivity (Wildman–Crippen MR) is 71.1 cm³/mol. The number of piperidine rings is 1. The SMILES string of the molecule is CC(O)CC1CN(Cc2ccccc2)CCC1=O. The summed E-state index contributed by atoms with van der Waals surface area (Å²) in [5.74, 6) is 0.308. The van der Waals surface area contributed by atoms with Gasteiger partial charge in [-0.25, -0.2) is 0 Å². The summed E-state index contributed by atoms with van der Waals surface area (Å²) in [6.07, 6.45) is 0.810. The van der Waals surface area contributed by atoms with Gasteiger partial charge in [0, 0.05) is 32.0 Å². The van der Waals surface area contributed by atoms with E-state index < -0.39 is 6.10 Å². The molecule has 3 heteroatoms. The molecule has 2 unspecified atom stereocenters. The first-order valence-corrected chi connectivity index (χ1v) is 6.62. The van der Waals surface area contributed by atoms with Crippen LogP contribution in [-0.4, -0.2) is 35.0 Å². The summed E-state index contributed by atoms with van der Waals surface area (Å²) >= 11 is 0. The second kappa shape index (κ2) is 6.12. The Labute approximate surface area is 108 Å². The van der Waals surface area contributed by atoms with E-state index in [2.05, 4.69) is 17.0 Å². The molecule has 1 aromatic carbocycles. The minimum absolute atomic E-state index is 0.00228. The minimum atomic E-state index is -0.393. The van der Waals surface area contributed by atoms with E-state index in [0.29, 0.717) is 18.6 Å². The van der Waals surface area contributed by atoms with Crippen molar-refractivity contribution in [2.75, 3.05) is 13.1 Å². The quantitative estimate of drug-likeness (QED) is 0.882. The van der Waals surface area contributed by atoms with E-state index in [1.165, 1.54) is 5.56 Å². The fourth-order valence-electron chi connectivity index (χ4n) is 2.58. The van der Waals surface area contributed by atoms with Crippen molar-refractivity contribution < 1.29 is 9.90 Å². The van der Waals surface area contributed by atoms with Crippen molar-refractivity contribution >= 4 is 5.78 Å². The number of aliphatic hydroxyl groups is 1. The third-order valence-electron chi connectivity index (χ3n) is 3.48. The molecule has 1 aromatic rings. The third kappa shape index (κ3) is 3.65. The van der Waals surface area contributed by atoms with Crippen LogP contribution < -0.4 is 0 Å². The van der Waals surface area contributed by atoms with Gasteiger partial charge in [-0.3, -0.25) is 9.69 Å². The summed E-state index contributed by atoms with van der Waals surface area (Å²) in [6.45, 7) is 4.26. The third-order valence-corrected chi connectivity index (χ3v) is 3.48. The Hall–Kier alpha value is -1.19. The molecule has 0 aromatic heterocycles. The fourth-order valence-corrected chi connectivity index (χ4v) is 2.58. The summed E-state index contributed by atoms with van der Waals surface area (Å²) < 4.78 is 0. The molecule has 2 atom stereocenters. The van der Waals surface area contributed by atoms with E-state index in [0.717, 1.165) is 19.6 Å². The molecule has 2 rings (SSSR count). The van der Waals surface area contributed by atoms with Gasteiger partial charge in [0.05, 0.1) is 6.10 Å². The molecule has 0 radical (unpaired) electrons. The summed E-state index contributed by atoms with van der Waals surface area (Å²) in [4.78, 5) is 14.1. The van der Waals surface area contributed by atoms with Crippen LogP contribution in [0.15, 0.2) is 30.3 Å². The van der Waals surface area contributed by atoms with Gasteiger partial charge in [0.1, 0.15) is 5.78 Å². The minimum Gasteiger partial charge on any atom is -0.393 e. The van der Waals surface area contributed by atoms with Crippen LogP contribution in [0.2, 0.25) is 0 Å². The summed E-state index contributed by atoms with van der Waals surface area (Å²) in [5, 5.41) is 9.43. The van der Waals surface area contributed by atoms with Gasteiger partial charge in [-0.2, -0.15) is 0 Å². The zero-order valence-electron chi connectivity index (χ0n) is 10.9. The molecular weight excluding hydrogens is 226 g/mol. The Morgan fingerprint density at radius 2 is 2.11 bits per heavy atom. The summed E-state index contributed by atoms with van der Waals surface area (Å²) in [5.41, 5.74) is 1.28. The first kappa shape index (κ1) is 13.2. The molecule has 1 heterocycles. The van der Waals surface area contributed by atoms with E-state index in [4.69, 9.17) is 0 Å². The number of nitrogens with zero attached hydrogens (tertiary/aromatic N) is 1. The van der Waals surface area contributed by atoms with Crippen LogP contribution >= 0.6 is 0 Å². The zero-order chi connectivity index (χ0) is 13.0. The second-order valence-electron chi connectivity index (χ2n) is 5.22. The Kier molecular flexibility index (Phi) is 4.50. The number of hydrogen-bond acceptors (Lipinski definition) is 3. The average Bonchev–Trinajstić information content (AvgIpc) is 2.34. The van der Waals surface area contributed by atoms with Gasteiger partial charge in [-0.15, -0.1) is 0 Å². The molecule has 1 fully saturated rings. The van der Waals surface area contributed by atoms with Gasteiger partial charge in [0.2, 0.25) is 0 Å². The van der Waals surface area contributed by atoms with Crippen molar-refractivity contribution in [2.24, 2.45) is 5.92 Å². The smallest absolute Gasteiger partial charge is 0.138 e. The summed E-state index contributed by atoms with van der Waals surface area (Å²) in [7, 11) is 0. The number of carbonyl (C=O) groups excluding carboxylic acids is 1. The van der Waals surface area contributed by atoms with Crippen molar-refractivity contribution in [3.63, 3.8) is 0 Å². The highest BCUT2D eigenvalue weighted by Crippen LogP contribution is 2.19. The molecule has 0 aliphatic carbocycles. The number of benzene rings is 1. The summed E-state index contributed by atoms with van der Waals surface area (Å²) in [6, 6.07) is 10.3. The first-order valence-electron chi connectivity index (χ1n) is 6.62. The van der Waals surface area contributed by atoms with Crippen molar-refractivity contribution in [3.8, 4) is 0 Å². The molecule has 0 saturated carbocycles. The van der Waals surface area contributed by atoms with Gasteiger partial charge in [-0.05, 0) is 18.9 Å². The maximum absolute atomic E-state index is 11.8. The molecular formula is C15H21NO2. The molecule has 1 N–H and O–H groups in total. The molecule has 1 aliphatic rings. The maximum Gasteiger partial charge on any atom is 0.138 e. The van der Waals surface area contributed by atoms with Crippen LogP contribution in [0.3, 0.4) is 0 Å². The van der Waals surface area contributed by atoms with Crippen LogP contribution in [0, 0.1) is 5.92 Å². The first-order chi connectivity index (χ1) is 8.65. The van der Waals surface area contributed by atoms with Crippen molar-refractivity contribution in [1.82, 2.24) is 4.90 Å². The van der Waals surface area contributed by atoms with Gasteiger partial charge in [0.25, 0.3) is 0 Å². The number of Topliss-reactive ketones (excluding diaryl/α,β-unsaturated/α-hetero) is 1. The molecule has 98 valence electrons. The van der Waals surface area contributed by atoms with Crippen molar-refractivity contribution in [3.05, 3.63) is 35.9 Å². The lowest BCUT2D eigenvalue weighted by Crippen LogP contribution is -2.41. The Morgan fingerprint density at radius 1 is 1.39 bits per heavy atom. The molecule has 0 amide bonds. The molecule has 1 aliphatic heterocycles. The van der Waals surface area contributed by atoms with E-state index >= 15 is 0 Å². The molecule has 0 spiro atoms. The largest absolute Gasteiger partial charge is 0.393 e. The molecule has 1 saturated heterocycles. The number of hydrogen-bond donors (Lipinski definition) is 1. The molecule has 0 bridgehead atoms. The normalized spacial score (nSPS) is 23.0. The number of rotatable bonds is 4.